The van der Waals surface area contributed by atoms with E-state index < -0.39 is 11.9 Å². The molecule has 16 heavy (non-hydrogen) atoms. The van der Waals surface area contributed by atoms with Gasteiger partial charge in [-0.25, -0.2) is 4.39 Å². The van der Waals surface area contributed by atoms with E-state index in [1.54, 1.807) is 23.9 Å². The van der Waals surface area contributed by atoms with Crippen LogP contribution >= 0.6 is 23.4 Å². The van der Waals surface area contributed by atoms with Gasteiger partial charge in [-0.05, 0) is 30.7 Å². The summed E-state index contributed by atoms with van der Waals surface area (Å²) in [6.45, 7) is 0. The summed E-state index contributed by atoms with van der Waals surface area (Å²) in [6, 6.07) is 4.46. The number of hydrogen-bond acceptors (Lipinski definition) is 2. The fourth-order valence-electron chi connectivity index (χ4n) is 1.96. The Morgan fingerprint density at radius 3 is 2.88 bits per heavy atom. The van der Waals surface area contributed by atoms with Crippen LogP contribution < -0.4 is 0 Å². The van der Waals surface area contributed by atoms with Gasteiger partial charge in [-0.15, -0.1) is 0 Å². The fourth-order valence-corrected chi connectivity index (χ4v) is 3.45. The molecule has 2 atom stereocenters. The van der Waals surface area contributed by atoms with E-state index in [1.165, 1.54) is 12.5 Å². The summed E-state index contributed by atoms with van der Waals surface area (Å²) >= 11 is 7.41. The van der Waals surface area contributed by atoms with Crippen LogP contribution in [0.15, 0.2) is 18.2 Å². The van der Waals surface area contributed by atoms with Crippen molar-refractivity contribution in [3.8, 4) is 0 Å². The van der Waals surface area contributed by atoms with Crippen molar-refractivity contribution in [1.82, 2.24) is 0 Å². The Kier molecular flexibility index (Phi) is 4.11. The highest BCUT2D eigenvalue weighted by Gasteiger charge is 2.25. The quantitative estimate of drug-likeness (QED) is 0.873. The van der Waals surface area contributed by atoms with E-state index in [9.17, 15) is 9.50 Å². The van der Waals surface area contributed by atoms with Crippen LogP contribution in [-0.4, -0.2) is 16.1 Å². The SMILES string of the molecule is OC(c1ccc(Cl)cc1F)C1CCCCS1. The molecule has 0 amide bonds. The number of hydrogen-bond donors (Lipinski definition) is 1. The molecule has 0 aliphatic carbocycles. The third kappa shape index (κ3) is 2.70. The van der Waals surface area contributed by atoms with E-state index in [1.807, 2.05) is 0 Å². The molecule has 1 aliphatic heterocycles. The van der Waals surface area contributed by atoms with Crippen LogP contribution in [0.2, 0.25) is 5.02 Å². The topological polar surface area (TPSA) is 20.2 Å². The summed E-state index contributed by atoms with van der Waals surface area (Å²) in [7, 11) is 0. The zero-order valence-corrected chi connectivity index (χ0v) is 10.4. The van der Waals surface area contributed by atoms with Gasteiger partial charge in [0.2, 0.25) is 0 Å². The Labute approximate surface area is 104 Å². The van der Waals surface area contributed by atoms with Crippen LogP contribution in [0.5, 0.6) is 0 Å². The molecule has 1 aliphatic rings. The molecule has 0 bridgehead atoms. The number of aliphatic hydroxyl groups excluding tert-OH is 1. The van der Waals surface area contributed by atoms with Crippen LogP contribution in [-0.2, 0) is 0 Å². The maximum atomic E-state index is 13.6. The second-order valence-electron chi connectivity index (χ2n) is 4.02. The summed E-state index contributed by atoms with van der Waals surface area (Å²) in [6.07, 6.45) is 2.54. The van der Waals surface area contributed by atoms with Gasteiger partial charge in [0.1, 0.15) is 5.82 Å². The molecule has 0 saturated carbocycles. The molecule has 1 nitrogen and oxygen atoms in total. The number of benzene rings is 1. The molecule has 1 N–H and O–H groups in total. The normalized spacial score (nSPS) is 23.1. The largest absolute Gasteiger partial charge is 0.387 e. The summed E-state index contributed by atoms with van der Waals surface area (Å²) in [4.78, 5) is 0. The first-order chi connectivity index (χ1) is 7.68. The molecular weight excluding hydrogens is 247 g/mol. The van der Waals surface area contributed by atoms with Crippen LogP contribution in [0.25, 0.3) is 0 Å². The first kappa shape index (κ1) is 12.2. The second-order valence-corrected chi connectivity index (χ2v) is 5.80. The highest BCUT2D eigenvalue weighted by molar-refractivity contribution is 7.99. The Morgan fingerprint density at radius 1 is 1.44 bits per heavy atom. The number of thioether (sulfide) groups is 1. The average Bonchev–Trinajstić information content (AvgIpc) is 2.29. The summed E-state index contributed by atoms with van der Waals surface area (Å²) < 4.78 is 13.6. The molecule has 4 heteroatoms. The molecule has 0 radical (unpaired) electrons. The predicted molar refractivity (Wildman–Crippen MR) is 66.5 cm³/mol. The highest BCUT2D eigenvalue weighted by Crippen LogP contribution is 2.35. The van der Waals surface area contributed by atoms with Crippen molar-refractivity contribution in [1.29, 1.82) is 0 Å². The molecule has 2 unspecified atom stereocenters. The van der Waals surface area contributed by atoms with Crippen molar-refractivity contribution in [3.63, 3.8) is 0 Å². The number of aliphatic hydroxyl groups is 1. The first-order valence-corrected chi connectivity index (χ1v) is 6.86. The van der Waals surface area contributed by atoms with Crippen molar-refractivity contribution >= 4 is 23.4 Å². The van der Waals surface area contributed by atoms with Gasteiger partial charge in [0, 0.05) is 15.8 Å². The summed E-state index contributed by atoms with van der Waals surface area (Å²) in [5.41, 5.74) is 0.365. The molecular formula is C12H14ClFOS. The molecule has 1 aromatic carbocycles. The van der Waals surface area contributed by atoms with Crippen molar-refractivity contribution < 1.29 is 9.50 Å². The van der Waals surface area contributed by atoms with E-state index in [0.717, 1.165) is 18.6 Å². The van der Waals surface area contributed by atoms with Crippen molar-refractivity contribution in [2.24, 2.45) is 0 Å². The summed E-state index contributed by atoms with van der Waals surface area (Å²) in [5.74, 6) is 0.642. The monoisotopic (exact) mass is 260 g/mol. The summed E-state index contributed by atoms with van der Waals surface area (Å²) in [5, 5.41) is 10.6. The van der Waals surface area contributed by atoms with Crippen molar-refractivity contribution in [2.75, 3.05) is 5.75 Å². The first-order valence-electron chi connectivity index (χ1n) is 5.43. The predicted octanol–water partition coefficient (Wildman–Crippen LogP) is 3.80. The minimum absolute atomic E-state index is 0.115. The minimum atomic E-state index is -0.720. The minimum Gasteiger partial charge on any atom is -0.387 e. The van der Waals surface area contributed by atoms with Gasteiger partial charge in [-0.1, -0.05) is 24.1 Å². The van der Waals surface area contributed by atoms with E-state index in [-0.39, 0.29) is 5.25 Å². The lowest BCUT2D eigenvalue weighted by Gasteiger charge is -2.26. The Hall–Kier alpha value is -0.250. The van der Waals surface area contributed by atoms with Gasteiger partial charge in [0.25, 0.3) is 0 Å². The maximum Gasteiger partial charge on any atom is 0.130 e. The molecule has 1 heterocycles. The molecule has 88 valence electrons. The van der Waals surface area contributed by atoms with Gasteiger partial charge in [0.15, 0.2) is 0 Å². The Balaban J connectivity index is 2.15. The lowest BCUT2D eigenvalue weighted by atomic mass is 10.0. The highest BCUT2D eigenvalue weighted by atomic mass is 35.5. The Morgan fingerprint density at radius 2 is 2.25 bits per heavy atom. The third-order valence-electron chi connectivity index (χ3n) is 2.85. The smallest absolute Gasteiger partial charge is 0.130 e. The standard InChI is InChI=1S/C12H14ClFOS/c13-8-4-5-9(10(14)7-8)12(15)11-3-1-2-6-16-11/h4-5,7,11-12,15H,1-3,6H2. The third-order valence-corrected chi connectivity index (χ3v) is 4.53. The van der Waals surface area contributed by atoms with Gasteiger partial charge in [0.05, 0.1) is 6.10 Å². The van der Waals surface area contributed by atoms with E-state index in [2.05, 4.69) is 0 Å². The van der Waals surface area contributed by atoms with Gasteiger partial charge in [-0.2, -0.15) is 11.8 Å². The number of halogens is 2. The van der Waals surface area contributed by atoms with E-state index in [0.29, 0.717) is 10.6 Å². The maximum absolute atomic E-state index is 13.6. The van der Waals surface area contributed by atoms with E-state index >= 15 is 0 Å². The van der Waals surface area contributed by atoms with Crippen LogP contribution in [0.3, 0.4) is 0 Å². The van der Waals surface area contributed by atoms with Crippen LogP contribution in [0, 0.1) is 5.82 Å². The van der Waals surface area contributed by atoms with E-state index in [4.69, 9.17) is 11.6 Å². The lowest BCUT2D eigenvalue weighted by Crippen LogP contribution is -2.19. The molecule has 0 aromatic heterocycles. The molecule has 1 aromatic rings. The lowest BCUT2D eigenvalue weighted by molar-refractivity contribution is 0.164. The van der Waals surface area contributed by atoms with Gasteiger partial charge in [-0.3, -0.25) is 0 Å². The zero-order valence-electron chi connectivity index (χ0n) is 8.83. The molecule has 2 rings (SSSR count). The zero-order chi connectivity index (χ0) is 11.5. The molecule has 1 saturated heterocycles. The average molecular weight is 261 g/mol. The van der Waals surface area contributed by atoms with Crippen molar-refractivity contribution in [2.45, 2.75) is 30.6 Å². The number of rotatable bonds is 2. The van der Waals surface area contributed by atoms with Crippen molar-refractivity contribution in [3.05, 3.63) is 34.6 Å². The van der Waals surface area contributed by atoms with Crippen LogP contribution in [0.1, 0.15) is 30.9 Å². The van der Waals surface area contributed by atoms with Gasteiger partial charge >= 0.3 is 0 Å². The molecule has 1 fully saturated rings. The molecule has 0 spiro atoms. The van der Waals surface area contributed by atoms with Gasteiger partial charge < -0.3 is 5.11 Å². The second kappa shape index (κ2) is 5.39. The fraction of sp³-hybridized carbons (Fsp3) is 0.500. The Bertz CT molecular complexity index is 366. The van der Waals surface area contributed by atoms with Crippen LogP contribution in [0.4, 0.5) is 4.39 Å².